The molecule has 0 saturated carbocycles. The van der Waals surface area contributed by atoms with Gasteiger partial charge in [-0.1, -0.05) is 35.4 Å². The van der Waals surface area contributed by atoms with E-state index in [1.54, 1.807) is 0 Å². The number of rotatable bonds is 2. The van der Waals surface area contributed by atoms with E-state index in [1.165, 1.54) is 22.3 Å². The number of hydrogen-bond donors (Lipinski definition) is 1. The van der Waals surface area contributed by atoms with Crippen LogP contribution in [0.3, 0.4) is 0 Å². The van der Waals surface area contributed by atoms with Crippen molar-refractivity contribution in [3.05, 3.63) is 58.7 Å². The molecule has 2 nitrogen and oxygen atoms in total. The minimum Gasteiger partial charge on any atom is -0.486 e. The maximum atomic E-state index is 6.13. The summed E-state index contributed by atoms with van der Waals surface area (Å²) in [6, 6.07) is 13.0. The van der Waals surface area contributed by atoms with Crippen LogP contribution >= 0.6 is 0 Å². The average molecular weight is 267 g/mol. The third-order valence-electron chi connectivity index (χ3n) is 3.70. The predicted octanol–water partition coefficient (Wildman–Crippen LogP) is 4.03. The van der Waals surface area contributed by atoms with Crippen molar-refractivity contribution in [3.8, 4) is 5.75 Å². The van der Waals surface area contributed by atoms with Crippen molar-refractivity contribution in [1.82, 2.24) is 0 Å². The van der Waals surface area contributed by atoms with E-state index in [-0.39, 0.29) is 6.10 Å². The predicted molar refractivity (Wildman–Crippen MR) is 83.7 cm³/mol. The lowest BCUT2D eigenvalue weighted by atomic mass is 10.0. The summed E-state index contributed by atoms with van der Waals surface area (Å²) in [6.45, 7) is 7.25. The molecule has 1 aliphatic rings. The second-order valence-corrected chi connectivity index (χ2v) is 5.82. The summed E-state index contributed by atoms with van der Waals surface area (Å²) in [6.07, 6.45) is 1.15. The smallest absolute Gasteiger partial charge is 0.143 e. The number of hydrogen-bond acceptors (Lipinski definition) is 2. The lowest BCUT2D eigenvalue weighted by Crippen LogP contribution is -2.32. The van der Waals surface area contributed by atoms with Gasteiger partial charge in [0.2, 0.25) is 0 Å². The highest BCUT2D eigenvalue weighted by Crippen LogP contribution is 2.30. The van der Waals surface area contributed by atoms with Crippen molar-refractivity contribution in [2.75, 3.05) is 11.9 Å². The molecule has 1 heterocycles. The number of fused-ring (bicyclic) bond motifs is 1. The third kappa shape index (κ3) is 2.79. The van der Waals surface area contributed by atoms with Crippen LogP contribution in [0.1, 0.15) is 22.3 Å². The van der Waals surface area contributed by atoms with E-state index in [1.807, 2.05) is 0 Å². The molecule has 2 aromatic rings. The Morgan fingerprint density at radius 3 is 2.50 bits per heavy atom. The lowest BCUT2D eigenvalue weighted by molar-refractivity contribution is 0.206. The molecule has 1 N–H and O–H groups in total. The summed E-state index contributed by atoms with van der Waals surface area (Å²) in [4.78, 5) is 0. The van der Waals surface area contributed by atoms with Crippen LogP contribution < -0.4 is 10.1 Å². The molecule has 0 radical (unpaired) electrons. The molecule has 3 rings (SSSR count). The van der Waals surface area contributed by atoms with Crippen LogP contribution in [0.4, 0.5) is 5.69 Å². The van der Waals surface area contributed by atoms with Crippen molar-refractivity contribution in [2.45, 2.75) is 33.3 Å². The van der Waals surface area contributed by atoms with E-state index in [4.69, 9.17) is 4.74 Å². The van der Waals surface area contributed by atoms with Gasteiger partial charge in [-0.2, -0.15) is 0 Å². The van der Waals surface area contributed by atoms with Gasteiger partial charge in [0, 0.05) is 6.42 Å². The second-order valence-electron chi connectivity index (χ2n) is 5.82. The van der Waals surface area contributed by atoms with Gasteiger partial charge in [0.15, 0.2) is 0 Å². The highest BCUT2D eigenvalue weighted by molar-refractivity contribution is 5.59. The summed E-state index contributed by atoms with van der Waals surface area (Å²) in [5.74, 6) is 0.977. The highest BCUT2D eigenvalue weighted by Gasteiger charge is 2.19. The molecule has 0 fully saturated rings. The molecule has 0 aromatic heterocycles. The van der Waals surface area contributed by atoms with E-state index < -0.39 is 0 Å². The normalized spacial score (nSPS) is 17.1. The first-order valence-corrected chi connectivity index (χ1v) is 7.18. The first kappa shape index (κ1) is 13.0. The highest BCUT2D eigenvalue weighted by atomic mass is 16.5. The summed E-state index contributed by atoms with van der Waals surface area (Å²) >= 11 is 0. The summed E-state index contributed by atoms with van der Waals surface area (Å²) in [5.41, 5.74) is 6.33. The molecule has 0 aliphatic carbocycles. The van der Waals surface area contributed by atoms with Gasteiger partial charge in [0.1, 0.15) is 11.9 Å². The van der Waals surface area contributed by atoms with Crippen molar-refractivity contribution in [3.63, 3.8) is 0 Å². The fourth-order valence-corrected chi connectivity index (χ4v) is 2.88. The zero-order valence-corrected chi connectivity index (χ0v) is 12.4. The van der Waals surface area contributed by atoms with Crippen LogP contribution in [-0.2, 0) is 6.42 Å². The Bertz CT molecular complexity index is 613. The Kier molecular flexibility index (Phi) is 3.39. The molecular formula is C18H21NO. The summed E-state index contributed by atoms with van der Waals surface area (Å²) in [7, 11) is 0. The Labute approximate surface area is 120 Å². The SMILES string of the molecule is Cc1cc(C)cc(CC2CNc3ccc(C)cc3O2)c1. The van der Waals surface area contributed by atoms with Gasteiger partial charge in [0.25, 0.3) is 0 Å². The fourth-order valence-electron chi connectivity index (χ4n) is 2.88. The number of anilines is 1. The van der Waals surface area contributed by atoms with Crippen molar-refractivity contribution in [2.24, 2.45) is 0 Å². The standard InChI is InChI=1S/C18H21NO/c1-12-4-5-17-18(9-12)20-16(11-19-17)10-15-7-13(2)6-14(3)8-15/h4-9,16,19H,10-11H2,1-3H3. The topological polar surface area (TPSA) is 21.3 Å². The van der Waals surface area contributed by atoms with E-state index in [0.717, 1.165) is 24.4 Å². The van der Waals surface area contributed by atoms with Crippen LogP contribution in [0.2, 0.25) is 0 Å². The second kappa shape index (κ2) is 5.20. The number of nitrogens with one attached hydrogen (secondary N) is 1. The number of aryl methyl sites for hydroxylation is 3. The molecule has 1 atom stereocenters. The third-order valence-corrected chi connectivity index (χ3v) is 3.70. The van der Waals surface area contributed by atoms with Crippen LogP contribution in [0, 0.1) is 20.8 Å². The summed E-state index contributed by atoms with van der Waals surface area (Å²) in [5, 5.41) is 3.46. The molecule has 104 valence electrons. The zero-order chi connectivity index (χ0) is 14.1. The van der Waals surface area contributed by atoms with Crippen LogP contribution in [-0.4, -0.2) is 12.6 Å². The fraction of sp³-hybridized carbons (Fsp3) is 0.333. The molecule has 1 aliphatic heterocycles. The molecule has 1 unspecified atom stereocenters. The van der Waals surface area contributed by atoms with Crippen LogP contribution in [0.25, 0.3) is 0 Å². The molecule has 20 heavy (non-hydrogen) atoms. The molecule has 2 aromatic carbocycles. The first-order valence-electron chi connectivity index (χ1n) is 7.18. The summed E-state index contributed by atoms with van der Waals surface area (Å²) < 4.78 is 6.13. The van der Waals surface area contributed by atoms with E-state index in [9.17, 15) is 0 Å². The first-order chi connectivity index (χ1) is 9.60. The van der Waals surface area contributed by atoms with Crippen LogP contribution in [0.15, 0.2) is 36.4 Å². The zero-order valence-electron chi connectivity index (χ0n) is 12.4. The van der Waals surface area contributed by atoms with Crippen molar-refractivity contribution >= 4 is 5.69 Å². The van der Waals surface area contributed by atoms with Gasteiger partial charge in [0.05, 0.1) is 12.2 Å². The van der Waals surface area contributed by atoms with Crippen LogP contribution in [0.5, 0.6) is 5.75 Å². The monoisotopic (exact) mass is 267 g/mol. The van der Waals surface area contributed by atoms with E-state index in [0.29, 0.717) is 0 Å². The Balaban J connectivity index is 1.77. The van der Waals surface area contributed by atoms with Gasteiger partial charge >= 0.3 is 0 Å². The minimum absolute atomic E-state index is 0.200. The Morgan fingerprint density at radius 2 is 1.75 bits per heavy atom. The quantitative estimate of drug-likeness (QED) is 0.887. The lowest BCUT2D eigenvalue weighted by Gasteiger charge is -2.28. The van der Waals surface area contributed by atoms with E-state index >= 15 is 0 Å². The van der Waals surface area contributed by atoms with Gasteiger partial charge in [-0.3, -0.25) is 0 Å². The molecular weight excluding hydrogens is 246 g/mol. The average Bonchev–Trinajstić information content (AvgIpc) is 2.37. The Hall–Kier alpha value is -1.96. The number of ether oxygens (including phenoxy) is 1. The molecule has 2 heteroatoms. The number of benzene rings is 2. The van der Waals surface area contributed by atoms with Gasteiger partial charge in [-0.05, 0) is 44.0 Å². The maximum absolute atomic E-state index is 6.13. The van der Waals surface area contributed by atoms with Gasteiger partial charge in [-0.25, -0.2) is 0 Å². The Morgan fingerprint density at radius 1 is 1.00 bits per heavy atom. The molecule has 0 saturated heterocycles. The maximum Gasteiger partial charge on any atom is 0.143 e. The largest absolute Gasteiger partial charge is 0.486 e. The molecule has 0 spiro atoms. The minimum atomic E-state index is 0.200. The van der Waals surface area contributed by atoms with Gasteiger partial charge in [-0.15, -0.1) is 0 Å². The van der Waals surface area contributed by atoms with Gasteiger partial charge < -0.3 is 10.1 Å². The van der Waals surface area contributed by atoms with Crippen molar-refractivity contribution in [1.29, 1.82) is 0 Å². The van der Waals surface area contributed by atoms with Crippen molar-refractivity contribution < 1.29 is 4.74 Å². The molecule has 0 bridgehead atoms. The molecule has 0 amide bonds. The van der Waals surface area contributed by atoms with E-state index in [2.05, 4.69) is 62.5 Å².